The highest BCUT2D eigenvalue weighted by atomic mass is 31.2. The number of allylic oxidation sites excluding steroid dienone is 8. The van der Waals surface area contributed by atoms with Crippen molar-refractivity contribution >= 4 is 19.8 Å². The first-order chi connectivity index (χ1) is 27.3. The van der Waals surface area contributed by atoms with Crippen molar-refractivity contribution in [3.05, 3.63) is 48.6 Å². The molecule has 0 rings (SSSR count). The number of nitrogens with two attached hydrogens (primary N) is 1. The molecule has 9 nitrogen and oxygen atoms in total. The van der Waals surface area contributed by atoms with Crippen LogP contribution in [0.15, 0.2) is 48.6 Å². The van der Waals surface area contributed by atoms with E-state index in [0.29, 0.717) is 12.8 Å². The van der Waals surface area contributed by atoms with Crippen LogP contribution in [0.1, 0.15) is 200 Å². The van der Waals surface area contributed by atoms with Crippen LogP contribution in [0.3, 0.4) is 0 Å². The summed E-state index contributed by atoms with van der Waals surface area (Å²) in [5.74, 6) is -0.890. The highest BCUT2D eigenvalue weighted by Gasteiger charge is 2.26. The molecule has 0 aliphatic heterocycles. The summed E-state index contributed by atoms with van der Waals surface area (Å²) < 4.78 is 32.8. The van der Waals surface area contributed by atoms with Gasteiger partial charge in [0.1, 0.15) is 6.61 Å². The smallest absolute Gasteiger partial charge is 0.462 e. The van der Waals surface area contributed by atoms with Crippen LogP contribution in [-0.2, 0) is 32.7 Å². The van der Waals surface area contributed by atoms with Crippen molar-refractivity contribution in [2.45, 2.75) is 206 Å². The molecule has 0 aromatic carbocycles. The van der Waals surface area contributed by atoms with Crippen LogP contribution in [-0.4, -0.2) is 49.3 Å². The Hall–Kier alpha value is -2.03. The van der Waals surface area contributed by atoms with Crippen LogP contribution in [0, 0.1) is 0 Å². The summed E-state index contributed by atoms with van der Waals surface area (Å²) in [5, 5.41) is 0. The first-order valence-electron chi connectivity index (χ1n) is 22.6. The van der Waals surface area contributed by atoms with Gasteiger partial charge < -0.3 is 20.1 Å². The van der Waals surface area contributed by atoms with Crippen LogP contribution >= 0.6 is 7.82 Å². The topological polar surface area (TPSA) is 134 Å². The number of ether oxygens (including phenoxy) is 2. The molecule has 0 heterocycles. The fourth-order valence-electron chi connectivity index (χ4n) is 6.10. The molecule has 0 saturated heterocycles. The largest absolute Gasteiger partial charge is 0.472 e. The minimum Gasteiger partial charge on any atom is -0.462 e. The van der Waals surface area contributed by atoms with E-state index in [1.54, 1.807) is 0 Å². The van der Waals surface area contributed by atoms with Crippen LogP contribution in [0.2, 0.25) is 0 Å². The Morgan fingerprint density at radius 1 is 0.536 bits per heavy atom. The molecule has 10 heteroatoms. The first-order valence-corrected chi connectivity index (χ1v) is 24.1. The van der Waals surface area contributed by atoms with E-state index in [0.717, 1.165) is 44.9 Å². The maximum absolute atomic E-state index is 12.6. The van der Waals surface area contributed by atoms with E-state index < -0.39 is 32.5 Å². The number of unbranched alkanes of at least 4 members (excludes halogenated alkanes) is 21. The Kier molecular flexibility index (Phi) is 41.0. The summed E-state index contributed by atoms with van der Waals surface area (Å²) in [6.07, 6.45) is 48.6. The molecule has 0 radical (unpaired) electrons. The molecule has 326 valence electrons. The van der Waals surface area contributed by atoms with E-state index in [2.05, 4.69) is 62.5 Å². The van der Waals surface area contributed by atoms with Gasteiger partial charge in [-0.25, -0.2) is 4.57 Å². The monoisotopic (exact) mass is 810 g/mol. The molecule has 0 aromatic rings. The van der Waals surface area contributed by atoms with Gasteiger partial charge in [-0.2, -0.15) is 0 Å². The lowest BCUT2D eigenvalue weighted by molar-refractivity contribution is -0.161. The lowest BCUT2D eigenvalue weighted by atomic mass is 10.0. The number of carbonyl (C=O) groups is 2. The normalized spacial score (nSPS) is 13.7. The van der Waals surface area contributed by atoms with Crippen LogP contribution in [0.5, 0.6) is 0 Å². The van der Waals surface area contributed by atoms with Crippen molar-refractivity contribution < 1.29 is 37.6 Å². The van der Waals surface area contributed by atoms with E-state index in [9.17, 15) is 19.0 Å². The Morgan fingerprint density at radius 3 is 1.43 bits per heavy atom. The molecular formula is C46H84NO8P. The van der Waals surface area contributed by atoms with Crippen molar-refractivity contribution in [2.24, 2.45) is 5.73 Å². The lowest BCUT2D eigenvalue weighted by Crippen LogP contribution is -2.29. The Bertz CT molecular complexity index is 1060. The number of esters is 2. The maximum atomic E-state index is 12.6. The van der Waals surface area contributed by atoms with Gasteiger partial charge in [-0.15, -0.1) is 0 Å². The molecule has 56 heavy (non-hydrogen) atoms. The SMILES string of the molecule is CCCCC/C=C/C/C=C/C/C=C/C/C=C/CCCC(=O)OC[C@H](COP(=O)(O)OCCN)OC(=O)CCCCCCCCCCCCCCCCCCCC. The van der Waals surface area contributed by atoms with E-state index >= 15 is 0 Å². The Morgan fingerprint density at radius 2 is 0.946 bits per heavy atom. The number of hydrogen-bond acceptors (Lipinski definition) is 8. The van der Waals surface area contributed by atoms with Gasteiger partial charge in [-0.1, -0.05) is 184 Å². The molecule has 1 unspecified atom stereocenters. The average molecular weight is 810 g/mol. The van der Waals surface area contributed by atoms with Gasteiger partial charge in [0, 0.05) is 19.4 Å². The predicted molar refractivity (Wildman–Crippen MR) is 233 cm³/mol. The van der Waals surface area contributed by atoms with Crippen molar-refractivity contribution in [1.82, 2.24) is 0 Å². The fourth-order valence-corrected chi connectivity index (χ4v) is 6.86. The number of phosphoric acid groups is 1. The lowest BCUT2D eigenvalue weighted by Gasteiger charge is -2.19. The third-order valence-electron chi connectivity index (χ3n) is 9.47. The molecule has 0 bridgehead atoms. The van der Waals surface area contributed by atoms with Crippen molar-refractivity contribution in [2.75, 3.05) is 26.4 Å². The van der Waals surface area contributed by atoms with Crippen molar-refractivity contribution in [3.63, 3.8) is 0 Å². The maximum Gasteiger partial charge on any atom is 0.472 e. The molecule has 0 saturated carbocycles. The van der Waals surface area contributed by atoms with Crippen molar-refractivity contribution in [1.29, 1.82) is 0 Å². The molecule has 0 aliphatic carbocycles. The zero-order valence-electron chi connectivity index (χ0n) is 35.9. The molecule has 2 atom stereocenters. The highest BCUT2D eigenvalue weighted by molar-refractivity contribution is 7.47. The van der Waals surface area contributed by atoms with Gasteiger partial charge in [0.15, 0.2) is 6.10 Å². The van der Waals surface area contributed by atoms with E-state index in [1.807, 2.05) is 0 Å². The third kappa shape index (κ3) is 41.6. The van der Waals surface area contributed by atoms with Gasteiger partial charge in [0.05, 0.1) is 13.2 Å². The van der Waals surface area contributed by atoms with E-state index in [4.69, 9.17) is 24.3 Å². The zero-order valence-corrected chi connectivity index (χ0v) is 36.8. The summed E-state index contributed by atoms with van der Waals surface area (Å²) in [4.78, 5) is 34.9. The molecule has 3 N–H and O–H groups in total. The summed E-state index contributed by atoms with van der Waals surface area (Å²) in [6.45, 7) is 3.66. The second-order valence-electron chi connectivity index (χ2n) is 14.9. The summed E-state index contributed by atoms with van der Waals surface area (Å²) in [7, 11) is -4.39. The summed E-state index contributed by atoms with van der Waals surface area (Å²) >= 11 is 0. The van der Waals surface area contributed by atoms with Crippen LogP contribution in [0.4, 0.5) is 0 Å². The molecule has 0 aliphatic rings. The standard InChI is InChI=1S/C46H84NO8P/c1-3-5-7-9-11-13-15-17-19-21-23-25-27-29-31-33-35-37-39-46(49)55-44(43-54-56(50,51)53-41-40-47)42-52-45(48)38-36-34-32-30-28-26-24-22-20-18-16-14-12-10-8-6-4-2/h12,14,18,20,24,26,30,32,44H,3-11,13,15-17,19,21-23,25,27-29,31,33-43,47H2,1-2H3,(H,50,51)/b14-12+,20-18+,26-24+,32-30+/t44-/m1/s1. The molecule has 0 amide bonds. The second kappa shape index (κ2) is 42.6. The minimum absolute atomic E-state index is 0.0460. The Labute approximate surface area is 343 Å². The number of rotatable bonds is 42. The van der Waals surface area contributed by atoms with Crippen molar-refractivity contribution in [3.8, 4) is 0 Å². The number of carbonyl (C=O) groups excluding carboxylic acids is 2. The van der Waals surface area contributed by atoms with E-state index in [1.165, 1.54) is 116 Å². The fraction of sp³-hybridized carbons (Fsp3) is 0.783. The highest BCUT2D eigenvalue weighted by Crippen LogP contribution is 2.43. The predicted octanol–water partition coefficient (Wildman–Crippen LogP) is 13.1. The zero-order chi connectivity index (χ0) is 41.1. The van der Waals surface area contributed by atoms with Gasteiger partial charge in [-0.3, -0.25) is 18.6 Å². The summed E-state index contributed by atoms with van der Waals surface area (Å²) in [6, 6.07) is 0. The number of hydrogen-bond donors (Lipinski definition) is 2. The van der Waals surface area contributed by atoms with Gasteiger partial charge in [-0.05, 0) is 51.4 Å². The average Bonchev–Trinajstić information content (AvgIpc) is 3.18. The minimum atomic E-state index is -4.39. The van der Waals surface area contributed by atoms with Crippen LogP contribution in [0.25, 0.3) is 0 Å². The molecular weight excluding hydrogens is 725 g/mol. The second-order valence-corrected chi connectivity index (χ2v) is 16.4. The first kappa shape index (κ1) is 54.0. The molecule has 0 spiro atoms. The number of phosphoric ester groups is 1. The Balaban J connectivity index is 4.20. The van der Waals surface area contributed by atoms with E-state index in [-0.39, 0.29) is 32.6 Å². The van der Waals surface area contributed by atoms with Crippen LogP contribution < -0.4 is 5.73 Å². The molecule has 0 aromatic heterocycles. The molecule has 0 fully saturated rings. The summed E-state index contributed by atoms with van der Waals surface area (Å²) in [5.41, 5.74) is 5.35. The van der Waals surface area contributed by atoms with Gasteiger partial charge >= 0.3 is 19.8 Å². The van der Waals surface area contributed by atoms with Gasteiger partial charge in [0.25, 0.3) is 0 Å². The van der Waals surface area contributed by atoms with Gasteiger partial charge in [0.2, 0.25) is 0 Å². The third-order valence-corrected chi connectivity index (χ3v) is 10.5. The quantitative estimate of drug-likeness (QED) is 0.0267.